The second-order valence-corrected chi connectivity index (χ2v) is 6.94. The van der Waals surface area contributed by atoms with Crippen molar-refractivity contribution in [2.24, 2.45) is 4.99 Å². The number of ether oxygens (including phenoxy) is 2. The molecule has 1 aromatic carbocycles. The number of aromatic nitrogens is 2. The first-order valence-electron chi connectivity index (χ1n) is 9.79. The van der Waals surface area contributed by atoms with Gasteiger partial charge in [0.1, 0.15) is 23.7 Å². The van der Waals surface area contributed by atoms with Crippen molar-refractivity contribution < 1.29 is 14.3 Å². The van der Waals surface area contributed by atoms with Gasteiger partial charge in [-0.15, -0.1) is 0 Å². The fourth-order valence-electron chi connectivity index (χ4n) is 3.17. The Morgan fingerprint density at radius 3 is 2.69 bits per heavy atom. The summed E-state index contributed by atoms with van der Waals surface area (Å²) < 4.78 is 12.8. The first-order chi connectivity index (χ1) is 14.0. The molecule has 0 radical (unpaired) electrons. The number of fused-ring (bicyclic) bond motifs is 1. The average molecular weight is 396 g/mol. The van der Waals surface area contributed by atoms with Crippen molar-refractivity contribution in [3.8, 4) is 5.75 Å². The van der Waals surface area contributed by atoms with E-state index in [1.54, 1.807) is 18.8 Å². The number of amides is 1. The third-order valence-corrected chi connectivity index (χ3v) is 4.93. The van der Waals surface area contributed by atoms with E-state index >= 15 is 0 Å². The Hall–Kier alpha value is -3.09. The van der Waals surface area contributed by atoms with E-state index in [0.717, 1.165) is 34.9 Å². The molecule has 29 heavy (non-hydrogen) atoms. The highest BCUT2D eigenvalue weighted by molar-refractivity contribution is 5.93. The molecule has 2 aromatic rings. The molecule has 7 nitrogen and oxygen atoms in total. The van der Waals surface area contributed by atoms with Crippen molar-refractivity contribution in [3.05, 3.63) is 59.1 Å². The zero-order valence-electron chi connectivity index (χ0n) is 17.5. The zero-order chi connectivity index (χ0) is 20.8. The number of allylic oxidation sites excluding steroid dienone is 2. The van der Waals surface area contributed by atoms with Crippen molar-refractivity contribution in [2.75, 3.05) is 20.7 Å². The third-order valence-electron chi connectivity index (χ3n) is 4.93. The lowest BCUT2D eigenvalue weighted by atomic mass is 10.2. The van der Waals surface area contributed by atoms with Crippen molar-refractivity contribution in [1.29, 1.82) is 0 Å². The normalized spacial score (nSPS) is 14.8. The fourth-order valence-corrected chi connectivity index (χ4v) is 3.17. The molecular weight excluding hydrogens is 368 g/mol. The minimum Gasteiger partial charge on any atom is -0.497 e. The molecule has 0 atom stereocenters. The molecule has 0 saturated heterocycles. The fraction of sp³-hybridized carbons (Fsp3) is 0.409. The van der Waals surface area contributed by atoms with Crippen LogP contribution in [0.5, 0.6) is 5.75 Å². The lowest BCUT2D eigenvalue weighted by Gasteiger charge is -2.27. The van der Waals surface area contributed by atoms with Gasteiger partial charge in [-0.25, -0.2) is 0 Å². The molecule has 0 spiro atoms. The minimum absolute atomic E-state index is 0.00830. The Kier molecular flexibility index (Phi) is 6.69. The van der Waals surface area contributed by atoms with Crippen LogP contribution < -0.4 is 4.74 Å². The lowest BCUT2D eigenvalue weighted by molar-refractivity contribution is 0.0683. The summed E-state index contributed by atoms with van der Waals surface area (Å²) in [6.07, 6.45) is 2.70. The van der Waals surface area contributed by atoms with Crippen LogP contribution in [0, 0.1) is 0 Å². The first kappa shape index (κ1) is 20.6. The van der Waals surface area contributed by atoms with Gasteiger partial charge in [-0.1, -0.05) is 19.1 Å². The molecule has 154 valence electrons. The maximum Gasteiger partial charge on any atom is 0.272 e. The van der Waals surface area contributed by atoms with Gasteiger partial charge >= 0.3 is 0 Å². The van der Waals surface area contributed by atoms with Crippen LogP contribution in [0.3, 0.4) is 0 Å². The molecule has 2 heterocycles. The van der Waals surface area contributed by atoms with Gasteiger partial charge in [-0.05, 0) is 36.8 Å². The van der Waals surface area contributed by atoms with Gasteiger partial charge in [0.15, 0.2) is 0 Å². The van der Waals surface area contributed by atoms with E-state index in [2.05, 4.69) is 10.1 Å². The van der Waals surface area contributed by atoms with Crippen molar-refractivity contribution in [2.45, 2.75) is 40.0 Å². The van der Waals surface area contributed by atoms with E-state index in [-0.39, 0.29) is 5.91 Å². The monoisotopic (exact) mass is 396 g/mol. The lowest BCUT2D eigenvalue weighted by Crippen LogP contribution is -2.39. The minimum atomic E-state index is -0.00830. The summed E-state index contributed by atoms with van der Waals surface area (Å²) in [5.41, 5.74) is 3.35. The highest BCUT2D eigenvalue weighted by Gasteiger charge is 2.26. The van der Waals surface area contributed by atoms with Crippen LogP contribution in [-0.4, -0.2) is 47.0 Å². The molecule has 0 saturated carbocycles. The van der Waals surface area contributed by atoms with Gasteiger partial charge in [-0.2, -0.15) is 5.10 Å². The van der Waals surface area contributed by atoms with Gasteiger partial charge in [0.05, 0.1) is 19.4 Å². The van der Waals surface area contributed by atoms with E-state index in [9.17, 15) is 4.79 Å². The maximum absolute atomic E-state index is 12.9. The van der Waals surface area contributed by atoms with Crippen molar-refractivity contribution in [1.82, 2.24) is 14.7 Å². The largest absolute Gasteiger partial charge is 0.497 e. The van der Waals surface area contributed by atoms with Gasteiger partial charge < -0.3 is 14.4 Å². The van der Waals surface area contributed by atoms with E-state index in [1.807, 2.05) is 55.2 Å². The Balaban J connectivity index is 1.66. The molecule has 0 N–H and O–H groups in total. The number of rotatable bonds is 8. The summed E-state index contributed by atoms with van der Waals surface area (Å²) >= 11 is 0. The van der Waals surface area contributed by atoms with Gasteiger partial charge in [0.25, 0.3) is 5.91 Å². The maximum atomic E-state index is 12.9. The van der Waals surface area contributed by atoms with Crippen molar-refractivity contribution in [3.63, 3.8) is 0 Å². The van der Waals surface area contributed by atoms with Crippen LogP contribution in [-0.2, 0) is 24.4 Å². The second-order valence-electron chi connectivity index (χ2n) is 6.94. The molecular formula is C22H28N4O3. The predicted molar refractivity (Wildman–Crippen MR) is 112 cm³/mol. The molecule has 1 aromatic heterocycles. The van der Waals surface area contributed by atoms with Gasteiger partial charge in [0.2, 0.25) is 0 Å². The standard InChI is InChI=1S/C22H28N4O3/c1-5-19(12-16(2)23-3)29-15-18-13-21-22(27)25(10-11-26(21)24-18)14-17-6-8-20(28-4)9-7-17/h6-9,12-13H,5,10-11,14-15H2,1-4H3/b19-12+,23-16?. The number of methoxy groups -OCH3 is 1. The highest BCUT2D eigenvalue weighted by atomic mass is 16.5. The average Bonchev–Trinajstić information content (AvgIpc) is 3.17. The first-order valence-corrected chi connectivity index (χ1v) is 9.79. The van der Waals surface area contributed by atoms with Crippen molar-refractivity contribution >= 4 is 11.6 Å². The van der Waals surface area contributed by atoms with Crippen LogP contribution in [0.1, 0.15) is 42.0 Å². The number of benzene rings is 1. The van der Waals surface area contributed by atoms with Gasteiger partial charge in [-0.3, -0.25) is 14.5 Å². The number of hydrogen-bond acceptors (Lipinski definition) is 5. The summed E-state index contributed by atoms with van der Waals surface area (Å²) in [4.78, 5) is 18.9. The molecule has 7 heteroatoms. The highest BCUT2D eigenvalue weighted by Crippen LogP contribution is 2.19. The predicted octanol–water partition coefficient (Wildman–Crippen LogP) is 3.45. The molecule has 3 rings (SSSR count). The van der Waals surface area contributed by atoms with Crippen LogP contribution in [0.4, 0.5) is 0 Å². The van der Waals surface area contributed by atoms with Crippen LogP contribution in [0.25, 0.3) is 0 Å². The topological polar surface area (TPSA) is 68.9 Å². The molecule has 0 aliphatic carbocycles. The summed E-state index contributed by atoms with van der Waals surface area (Å²) in [6, 6.07) is 9.62. The number of nitrogens with zero attached hydrogens (tertiary/aromatic N) is 4. The molecule has 0 unspecified atom stereocenters. The molecule has 1 aliphatic heterocycles. The smallest absolute Gasteiger partial charge is 0.272 e. The van der Waals surface area contributed by atoms with E-state index in [1.165, 1.54) is 0 Å². The zero-order valence-corrected chi connectivity index (χ0v) is 17.5. The quantitative estimate of drug-likeness (QED) is 0.506. The Morgan fingerprint density at radius 2 is 2.03 bits per heavy atom. The van der Waals surface area contributed by atoms with E-state index < -0.39 is 0 Å². The van der Waals surface area contributed by atoms with E-state index in [4.69, 9.17) is 9.47 Å². The summed E-state index contributed by atoms with van der Waals surface area (Å²) in [5, 5.41) is 4.54. The molecule has 1 aliphatic rings. The Labute approximate surface area is 171 Å². The second kappa shape index (κ2) is 9.41. The molecule has 0 fully saturated rings. The number of aliphatic imine (C=N–C) groups is 1. The SMILES string of the molecule is CC/C(=C\C(C)=NC)OCc1cc2n(n1)CCN(Cc1ccc(OC)cc1)C2=O. The number of hydrogen-bond donors (Lipinski definition) is 0. The van der Waals surface area contributed by atoms with Crippen LogP contribution >= 0.6 is 0 Å². The number of carbonyl (C=O) groups excluding carboxylic acids is 1. The Bertz CT molecular complexity index is 913. The molecule has 0 bridgehead atoms. The molecule has 1 amide bonds. The summed E-state index contributed by atoms with van der Waals surface area (Å²) in [6.45, 7) is 6.18. The van der Waals surface area contributed by atoms with Gasteiger partial charge in [0, 0.05) is 32.3 Å². The van der Waals surface area contributed by atoms with E-state index in [0.29, 0.717) is 31.9 Å². The summed E-state index contributed by atoms with van der Waals surface area (Å²) in [5.74, 6) is 1.65. The van der Waals surface area contributed by atoms with Crippen LogP contribution in [0.2, 0.25) is 0 Å². The third kappa shape index (κ3) is 5.04. The van der Waals surface area contributed by atoms with Crippen LogP contribution in [0.15, 0.2) is 47.2 Å². The number of carbonyl (C=O) groups is 1. The Morgan fingerprint density at radius 1 is 1.28 bits per heavy atom. The summed E-state index contributed by atoms with van der Waals surface area (Å²) in [7, 11) is 3.40.